The Morgan fingerprint density at radius 1 is 1.25 bits per heavy atom. The molecule has 1 aromatic carbocycles. The number of benzene rings is 1. The number of carbonyl (C=O) groups is 1. The van der Waals surface area contributed by atoms with Crippen molar-refractivity contribution in [2.45, 2.75) is 23.5 Å². The monoisotopic (exact) mass is 317 g/mol. The maximum absolute atomic E-state index is 12.2. The van der Waals surface area contributed by atoms with Crippen LogP contribution >= 0.6 is 24.0 Å². The van der Waals surface area contributed by atoms with Gasteiger partial charge in [0, 0.05) is 16.5 Å². The molecule has 2 rings (SSSR count). The Bertz CT molecular complexity index is 492. The first-order valence-corrected chi connectivity index (χ1v) is 7.25. The summed E-state index contributed by atoms with van der Waals surface area (Å²) in [5.41, 5.74) is 5.76. The van der Waals surface area contributed by atoms with Crippen LogP contribution in [0.25, 0.3) is 0 Å². The number of halogens is 2. The summed E-state index contributed by atoms with van der Waals surface area (Å²) in [6.07, 6.45) is 1.83. The predicted molar refractivity (Wildman–Crippen MR) is 78.5 cm³/mol. The van der Waals surface area contributed by atoms with E-state index in [0.29, 0.717) is 22.3 Å². The van der Waals surface area contributed by atoms with Crippen molar-refractivity contribution in [3.63, 3.8) is 0 Å². The van der Waals surface area contributed by atoms with Crippen LogP contribution in [0.2, 0.25) is 0 Å². The number of rotatable bonds is 4. The minimum absolute atomic E-state index is 0.0715. The normalized spacial score (nSPS) is 13.9. The number of thiocarbonyl (C=S) groups is 1. The van der Waals surface area contributed by atoms with Gasteiger partial charge < -0.3 is 5.32 Å². The van der Waals surface area contributed by atoms with Gasteiger partial charge in [0.15, 0.2) is 5.11 Å². The molecule has 0 atom stereocenters. The van der Waals surface area contributed by atoms with E-state index < -0.39 is 5.76 Å². The number of carbonyl (C=O) groups excluding carboxylic acids is 1. The molecule has 0 aromatic heterocycles. The van der Waals surface area contributed by atoms with Crippen molar-refractivity contribution in [2.75, 3.05) is 5.32 Å². The molecular weight excluding hydrogens is 304 g/mol. The van der Waals surface area contributed by atoms with E-state index in [-0.39, 0.29) is 16.9 Å². The molecule has 1 aromatic rings. The van der Waals surface area contributed by atoms with Crippen molar-refractivity contribution >= 4 is 40.7 Å². The highest BCUT2D eigenvalue weighted by molar-refractivity contribution is 7.99. The van der Waals surface area contributed by atoms with Crippen molar-refractivity contribution in [3.05, 3.63) is 24.3 Å². The van der Waals surface area contributed by atoms with Crippen LogP contribution in [0.4, 0.5) is 14.5 Å². The van der Waals surface area contributed by atoms with E-state index in [9.17, 15) is 13.6 Å². The zero-order valence-corrected chi connectivity index (χ0v) is 12.0. The lowest BCUT2D eigenvalue weighted by Crippen LogP contribution is -2.44. The largest absolute Gasteiger partial charge is 0.331 e. The zero-order chi connectivity index (χ0) is 14.5. The Hall–Kier alpha value is -1.41. The highest BCUT2D eigenvalue weighted by Gasteiger charge is 2.29. The quantitative estimate of drug-likeness (QED) is 0.453. The summed E-state index contributed by atoms with van der Waals surface area (Å²) >= 11 is 5.49. The summed E-state index contributed by atoms with van der Waals surface area (Å²) < 4.78 is 24.3. The van der Waals surface area contributed by atoms with Crippen molar-refractivity contribution < 1.29 is 13.6 Å². The fourth-order valence-corrected chi connectivity index (χ4v) is 2.12. The molecule has 1 aliphatic carbocycles. The van der Waals surface area contributed by atoms with E-state index in [1.807, 2.05) is 0 Å². The van der Waals surface area contributed by atoms with Gasteiger partial charge in [-0.15, -0.1) is 0 Å². The van der Waals surface area contributed by atoms with Crippen LogP contribution in [-0.2, 0) is 4.79 Å². The average Bonchev–Trinajstić information content (AvgIpc) is 3.22. The van der Waals surface area contributed by atoms with Gasteiger partial charge in [-0.1, -0.05) is 11.8 Å². The predicted octanol–water partition coefficient (Wildman–Crippen LogP) is 2.73. The third-order valence-corrected chi connectivity index (χ3v) is 3.51. The second-order valence-corrected chi connectivity index (χ2v) is 5.72. The van der Waals surface area contributed by atoms with Crippen LogP contribution in [0.3, 0.4) is 0 Å². The average molecular weight is 317 g/mol. The molecule has 3 N–H and O–H groups in total. The number of hydrazine groups is 1. The third kappa shape index (κ3) is 4.93. The summed E-state index contributed by atoms with van der Waals surface area (Å²) in [6.45, 7) is 0. The molecule has 1 aliphatic rings. The summed E-state index contributed by atoms with van der Waals surface area (Å²) in [7, 11) is 0. The smallest absolute Gasteiger partial charge is 0.288 e. The third-order valence-electron chi connectivity index (χ3n) is 2.58. The maximum Gasteiger partial charge on any atom is 0.288 e. The lowest BCUT2D eigenvalue weighted by molar-refractivity contribution is -0.122. The van der Waals surface area contributed by atoms with Gasteiger partial charge in [0.05, 0.1) is 0 Å². The molecule has 1 fully saturated rings. The minimum atomic E-state index is -2.44. The Morgan fingerprint density at radius 3 is 2.45 bits per heavy atom. The lowest BCUT2D eigenvalue weighted by Gasteiger charge is -2.11. The van der Waals surface area contributed by atoms with Crippen LogP contribution in [0.1, 0.15) is 12.8 Å². The first kappa shape index (κ1) is 15.0. The molecule has 8 heteroatoms. The first-order chi connectivity index (χ1) is 9.54. The molecule has 0 bridgehead atoms. The Kier molecular flexibility index (Phi) is 5.13. The Labute approximate surface area is 124 Å². The number of hydrogen-bond donors (Lipinski definition) is 3. The topological polar surface area (TPSA) is 53.2 Å². The number of hydrogen-bond acceptors (Lipinski definition) is 3. The number of amides is 1. The van der Waals surface area contributed by atoms with E-state index in [1.165, 1.54) is 0 Å². The second kappa shape index (κ2) is 6.85. The van der Waals surface area contributed by atoms with Gasteiger partial charge in [0.25, 0.3) is 5.76 Å². The molecule has 0 aliphatic heterocycles. The number of alkyl halides is 2. The number of nitrogens with one attached hydrogen (secondary N) is 3. The highest BCUT2D eigenvalue weighted by atomic mass is 32.2. The maximum atomic E-state index is 12.2. The van der Waals surface area contributed by atoms with Gasteiger partial charge in [0.1, 0.15) is 0 Å². The van der Waals surface area contributed by atoms with Gasteiger partial charge in [-0.3, -0.25) is 15.6 Å². The summed E-state index contributed by atoms with van der Waals surface area (Å²) in [4.78, 5) is 11.9. The molecule has 0 spiro atoms. The second-order valence-electron chi connectivity index (χ2n) is 4.25. The van der Waals surface area contributed by atoms with Crippen LogP contribution in [-0.4, -0.2) is 16.8 Å². The van der Waals surface area contributed by atoms with Crippen LogP contribution in [0.15, 0.2) is 29.2 Å². The highest BCUT2D eigenvalue weighted by Crippen LogP contribution is 2.28. The molecule has 0 saturated heterocycles. The fourth-order valence-electron chi connectivity index (χ4n) is 1.45. The molecule has 1 saturated carbocycles. The zero-order valence-electron chi connectivity index (χ0n) is 10.4. The number of anilines is 1. The minimum Gasteiger partial charge on any atom is -0.331 e. The summed E-state index contributed by atoms with van der Waals surface area (Å²) in [6, 6.07) is 6.43. The Morgan fingerprint density at radius 2 is 1.90 bits per heavy atom. The van der Waals surface area contributed by atoms with E-state index in [0.717, 1.165) is 12.8 Å². The molecule has 20 heavy (non-hydrogen) atoms. The summed E-state index contributed by atoms with van der Waals surface area (Å²) in [5, 5.41) is 3.09. The van der Waals surface area contributed by atoms with Gasteiger partial charge in [-0.05, 0) is 49.3 Å². The summed E-state index contributed by atoms with van der Waals surface area (Å²) in [5.74, 6) is -2.41. The standard InChI is InChI=1S/C12H13F2N3OS2/c13-11(14)20-9-5-3-8(4-6-9)15-12(19)17-16-10(18)7-1-2-7/h3-7,11H,1-2H2,(H,16,18)(H2,15,17,19). The molecular formula is C12H13F2N3OS2. The molecule has 108 valence electrons. The van der Waals surface area contributed by atoms with Gasteiger partial charge >= 0.3 is 0 Å². The van der Waals surface area contributed by atoms with E-state index in [1.54, 1.807) is 24.3 Å². The van der Waals surface area contributed by atoms with Crippen LogP contribution < -0.4 is 16.2 Å². The molecule has 0 unspecified atom stereocenters. The molecule has 0 radical (unpaired) electrons. The van der Waals surface area contributed by atoms with Crippen LogP contribution in [0, 0.1) is 5.92 Å². The number of thioether (sulfide) groups is 1. The van der Waals surface area contributed by atoms with Crippen molar-refractivity contribution in [3.8, 4) is 0 Å². The van der Waals surface area contributed by atoms with Crippen molar-refractivity contribution in [2.24, 2.45) is 5.92 Å². The molecule has 1 amide bonds. The lowest BCUT2D eigenvalue weighted by atomic mass is 10.3. The van der Waals surface area contributed by atoms with E-state index in [4.69, 9.17) is 12.2 Å². The van der Waals surface area contributed by atoms with Gasteiger partial charge in [-0.2, -0.15) is 8.78 Å². The SMILES string of the molecule is O=C(NNC(=S)Nc1ccc(SC(F)F)cc1)C1CC1. The first-order valence-electron chi connectivity index (χ1n) is 5.96. The van der Waals surface area contributed by atoms with Crippen molar-refractivity contribution in [1.82, 2.24) is 10.9 Å². The van der Waals surface area contributed by atoms with Crippen molar-refractivity contribution in [1.29, 1.82) is 0 Å². The van der Waals surface area contributed by atoms with Gasteiger partial charge in [-0.25, -0.2) is 0 Å². The Balaban J connectivity index is 1.76. The van der Waals surface area contributed by atoms with Crippen LogP contribution in [0.5, 0.6) is 0 Å². The molecule has 0 heterocycles. The fraction of sp³-hybridized carbons (Fsp3) is 0.333. The van der Waals surface area contributed by atoms with E-state index in [2.05, 4.69) is 16.2 Å². The molecule has 4 nitrogen and oxygen atoms in total. The van der Waals surface area contributed by atoms with Gasteiger partial charge in [0.2, 0.25) is 5.91 Å². The van der Waals surface area contributed by atoms with E-state index >= 15 is 0 Å².